The van der Waals surface area contributed by atoms with Crippen LogP contribution in [0, 0.1) is 16.3 Å². The van der Waals surface area contributed by atoms with Crippen molar-refractivity contribution in [2.24, 2.45) is 12.8 Å². The molecule has 2 unspecified atom stereocenters. The molecule has 0 saturated heterocycles. The van der Waals surface area contributed by atoms with Gasteiger partial charge < -0.3 is 40.4 Å². The summed E-state index contributed by atoms with van der Waals surface area (Å²) in [4.78, 5) is 67.2. The van der Waals surface area contributed by atoms with Crippen LogP contribution in [0.25, 0.3) is 0 Å². The summed E-state index contributed by atoms with van der Waals surface area (Å²) in [5.41, 5.74) is 7.67. The van der Waals surface area contributed by atoms with Gasteiger partial charge in [-0.2, -0.15) is 0 Å². The monoisotopic (exact) mass is 807 g/mol. The van der Waals surface area contributed by atoms with Crippen molar-refractivity contribution in [2.45, 2.75) is 71.6 Å². The maximum atomic E-state index is 14.5. The molecule has 2 amide bonds. The summed E-state index contributed by atoms with van der Waals surface area (Å²) < 4.78 is 37.2. The van der Waals surface area contributed by atoms with E-state index in [0.29, 0.717) is 3.57 Å². The molecule has 272 valence electrons. The van der Waals surface area contributed by atoms with Crippen LogP contribution in [-0.2, 0) is 45.2 Å². The van der Waals surface area contributed by atoms with Crippen molar-refractivity contribution in [2.75, 3.05) is 31.7 Å². The highest BCUT2D eigenvalue weighted by molar-refractivity contribution is 14.1. The number of carbonyl (C=O) groups excluding carboxylic acids is 4. The van der Waals surface area contributed by atoms with Gasteiger partial charge in [0.1, 0.15) is 43.7 Å². The number of ether oxygens (including phenoxy) is 4. The minimum absolute atomic E-state index is 0.000260. The van der Waals surface area contributed by atoms with Crippen molar-refractivity contribution in [1.29, 1.82) is 0 Å². The van der Waals surface area contributed by atoms with E-state index in [1.807, 2.05) is 22.6 Å². The molecule has 0 aliphatic heterocycles. The predicted octanol–water partition coefficient (Wildman–Crippen LogP) is 1.65. The van der Waals surface area contributed by atoms with Gasteiger partial charge in [0.05, 0.1) is 24.0 Å². The highest BCUT2D eigenvalue weighted by Gasteiger charge is 2.21. The minimum atomic E-state index is -1.01. The van der Waals surface area contributed by atoms with Crippen LogP contribution in [-0.4, -0.2) is 84.5 Å². The Morgan fingerprint density at radius 2 is 1.78 bits per heavy atom. The molecular formula is C31H43FIN5O11. The van der Waals surface area contributed by atoms with E-state index in [0.717, 1.165) is 0 Å². The van der Waals surface area contributed by atoms with Crippen molar-refractivity contribution >= 4 is 57.8 Å². The molecule has 2 aromatic rings. The Morgan fingerprint density at radius 3 is 2.43 bits per heavy atom. The summed E-state index contributed by atoms with van der Waals surface area (Å²) in [7, 11) is 1.43. The van der Waals surface area contributed by atoms with Crippen LogP contribution in [0.15, 0.2) is 29.1 Å². The molecule has 49 heavy (non-hydrogen) atoms. The maximum Gasteiger partial charge on any atom is 0.328 e. The summed E-state index contributed by atoms with van der Waals surface area (Å²) in [6.07, 6.45) is -2.26. The number of rotatable bonds is 20. The third kappa shape index (κ3) is 14.4. The Labute approximate surface area is 296 Å². The quantitative estimate of drug-likeness (QED) is 0.0423. The van der Waals surface area contributed by atoms with Crippen LogP contribution in [0.5, 0.6) is 0 Å². The number of benzene rings is 1. The van der Waals surface area contributed by atoms with Crippen molar-refractivity contribution in [3.05, 3.63) is 55.1 Å². The molecule has 2 rings (SSSR count). The Hall–Kier alpha value is -3.69. The van der Waals surface area contributed by atoms with Crippen LogP contribution >= 0.6 is 22.6 Å². The van der Waals surface area contributed by atoms with E-state index in [4.69, 9.17) is 34.6 Å². The van der Waals surface area contributed by atoms with E-state index in [-0.39, 0.29) is 67.8 Å². The van der Waals surface area contributed by atoms with Gasteiger partial charge in [-0.15, -0.1) is 0 Å². The molecule has 16 nitrogen and oxygen atoms in total. The van der Waals surface area contributed by atoms with Crippen LogP contribution in [0.1, 0.15) is 56.0 Å². The number of carbonyl (C=O) groups is 4. The minimum Gasteiger partial charge on any atom is -0.462 e. The zero-order valence-corrected chi connectivity index (χ0v) is 30.0. The molecule has 1 heterocycles. The van der Waals surface area contributed by atoms with Crippen LogP contribution < -0.4 is 27.4 Å². The first-order valence-corrected chi connectivity index (χ1v) is 16.3. The molecular weight excluding hydrogens is 764 g/mol. The van der Waals surface area contributed by atoms with Gasteiger partial charge in [0, 0.05) is 29.0 Å². The number of nitrogens with one attached hydrogen (secondary N) is 3. The van der Waals surface area contributed by atoms with E-state index in [1.165, 1.54) is 43.7 Å². The summed E-state index contributed by atoms with van der Waals surface area (Å²) >= 11 is 1.96. The number of aliphatic hydroxyl groups excluding tert-OH is 1. The molecule has 0 aliphatic rings. The lowest BCUT2D eigenvalue weighted by molar-refractivity contribution is -0.216. The average Bonchev–Trinajstić information content (AvgIpc) is 3.03. The summed E-state index contributed by atoms with van der Waals surface area (Å²) in [5, 5.41) is 14.3. The second-order valence-corrected chi connectivity index (χ2v) is 12.2. The number of hydrogen-bond donors (Lipinski definition) is 5. The summed E-state index contributed by atoms with van der Waals surface area (Å²) in [6.45, 7) is 5.21. The largest absolute Gasteiger partial charge is 0.462 e. The molecule has 0 radical (unpaired) electrons. The smallest absolute Gasteiger partial charge is 0.328 e. The number of nitrogens with two attached hydrogens (primary N) is 1. The lowest BCUT2D eigenvalue weighted by Crippen LogP contribution is -2.40. The van der Waals surface area contributed by atoms with Crippen LogP contribution in [0.3, 0.4) is 0 Å². The van der Waals surface area contributed by atoms with Gasteiger partial charge in [0.25, 0.3) is 11.5 Å². The first-order chi connectivity index (χ1) is 23.1. The van der Waals surface area contributed by atoms with E-state index >= 15 is 0 Å². The number of aliphatic hydroxyl groups is 1. The SMILES string of the molecule is Cc1cc(C(=O)NOCCOC(=O)[C@H](C)NC(=O)CCCC(=O)OCC(OC(C)C)OC(N)CO)c(Nc2ccc(I)cc2F)n(C)c1=O. The van der Waals surface area contributed by atoms with Crippen molar-refractivity contribution in [3.8, 4) is 0 Å². The molecule has 0 spiro atoms. The fraction of sp³-hybridized carbons (Fsp3) is 0.516. The standard InChI is InChI=1S/C31H43FIN5O11/c1-17(2)48-27(49-24(34)15-39)16-46-26(41)8-6-7-25(40)35-19(4)31(44)45-11-12-47-37-29(42)21-13-18(3)30(43)38(5)28(21)36-23-10-9-20(33)14-22(23)32/h9-10,13-14,17,19,24,27,36,39H,6-8,11-12,15-16,34H2,1-5H3,(H,35,40)(H,37,42)/t19-,24?,27?/m0/s1. The Kier molecular flexibility index (Phi) is 17.6. The number of amides is 2. The number of hydrogen-bond acceptors (Lipinski definition) is 13. The number of pyridine rings is 1. The van der Waals surface area contributed by atoms with E-state index in [9.17, 15) is 28.4 Å². The molecule has 3 atom stereocenters. The van der Waals surface area contributed by atoms with E-state index < -0.39 is 60.3 Å². The summed E-state index contributed by atoms with van der Waals surface area (Å²) in [6, 6.07) is 4.75. The van der Waals surface area contributed by atoms with E-state index in [2.05, 4.69) is 16.1 Å². The first kappa shape index (κ1) is 41.5. The zero-order chi connectivity index (χ0) is 36.7. The number of aryl methyl sites for hydroxylation is 1. The molecule has 0 aliphatic carbocycles. The van der Waals surface area contributed by atoms with Crippen LogP contribution in [0.2, 0.25) is 0 Å². The van der Waals surface area contributed by atoms with Crippen molar-refractivity contribution in [1.82, 2.24) is 15.4 Å². The summed E-state index contributed by atoms with van der Waals surface area (Å²) in [5.74, 6) is -3.16. The van der Waals surface area contributed by atoms with Gasteiger partial charge >= 0.3 is 11.9 Å². The van der Waals surface area contributed by atoms with Crippen molar-refractivity contribution in [3.63, 3.8) is 0 Å². The molecule has 1 aromatic heterocycles. The zero-order valence-electron chi connectivity index (χ0n) is 27.9. The second-order valence-electron chi connectivity index (χ2n) is 10.9. The molecule has 0 fully saturated rings. The highest BCUT2D eigenvalue weighted by Crippen LogP contribution is 2.24. The number of nitrogens with zero attached hydrogens (tertiary/aromatic N) is 1. The van der Waals surface area contributed by atoms with E-state index in [1.54, 1.807) is 19.9 Å². The lowest BCUT2D eigenvalue weighted by Gasteiger charge is -2.23. The second kappa shape index (κ2) is 20.7. The number of aromatic nitrogens is 1. The average molecular weight is 808 g/mol. The maximum absolute atomic E-state index is 14.5. The predicted molar refractivity (Wildman–Crippen MR) is 182 cm³/mol. The number of anilines is 2. The number of halogens is 2. The first-order valence-electron chi connectivity index (χ1n) is 15.3. The third-order valence-electron chi connectivity index (χ3n) is 6.44. The Morgan fingerprint density at radius 1 is 1.06 bits per heavy atom. The Balaban J connectivity index is 1.75. The fourth-order valence-electron chi connectivity index (χ4n) is 4.07. The van der Waals surface area contributed by atoms with Gasteiger partial charge in [-0.3, -0.25) is 28.6 Å². The van der Waals surface area contributed by atoms with Gasteiger partial charge in [-0.05, 0) is 81.0 Å². The molecule has 18 heteroatoms. The van der Waals surface area contributed by atoms with Gasteiger partial charge in [0.2, 0.25) is 5.91 Å². The molecule has 0 saturated carbocycles. The molecule has 1 aromatic carbocycles. The van der Waals surface area contributed by atoms with Gasteiger partial charge in [-0.1, -0.05) is 0 Å². The van der Waals surface area contributed by atoms with Crippen LogP contribution in [0.4, 0.5) is 15.9 Å². The highest BCUT2D eigenvalue weighted by atomic mass is 127. The molecule has 6 N–H and O–H groups in total. The topological polar surface area (TPSA) is 219 Å². The number of esters is 2. The normalized spacial score (nSPS) is 12.9. The van der Waals surface area contributed by atoms with Gasteiger partial charge in [0.15, 0.2) is 6.29 Å². The fourth-order valence-corrected chi connectivity index (χ4v) is 4.52. The van der Waals surface area contributed by atoms with Crippen molar-refractivity contribution < 1.29 is 52.5 Å². The lowest BCUT2D eigenvalue weighted by atomic mass is 10.1. The third-order valence-corrected chi connectivity index (χ3v) is 7.11. The molecule has 0 bridgehead atoms. The number of hydroxylamine groups is 1. The van der Waals surface area contributed by atoms with Gasteiger partial charge in [-0.25, -0.2) is 14.7 Å². The Bertz CT molecular complexity index is 1510.